The maximum Gasteiger partial charge on any atom is 0.221 e. The van der Waals surface area contributed by atoms with Crippen molar-refractivity contribution in [2.45, 2.75) is 84.7 Å². The first kappa shape index (κ1) is 16.5. The summed E-state index contributed by atoms with van der Waals surface area (Å²) in [6, 6.07) is 0.274. The average Bonchev–Trinajstić information content (AvgIpc) is 2.35. The van der Waals surface area contributed by atoms with Crippen LogP contribution in [0.3, 0.4) is 0 Å². The van der Waals surface area contributed by atoms with E-state index >= 15 is 0 Å². The smallest absolute Gasteiger partial charge is 0.221 e. The summed E-state index contributed by atoms with van der Waals surface area (Å²) in [6.45, 7) is 8.43. The number of nitrogens with one attached hydrogen (secondary N) is 1. The van der Waals surface area contributed by atoms with E-state index in [1.54, 1.807) is 0 Å². The van der Waals surface area contributed by atoms with Crippen molar-refractivity contribution in [3.05, 3.63) is 0 Å². The zero-order chi connectivity index (χ0) is 14.5. The molecule has 2 atom stereocenters. The van der Waals surface area contributed by atoms with Gasteiger partial charge in [0.25, 0.3) is 0 Å². The summed E-state index contributed by atoms with van der Waals surface area (Å²) in [5.41, 5.74) is 6.08. The molecular formula is C16H32N2O. The topological polar surface area (TPSA) is 55.1 Å². The molecule has 1 aliphatic rings. The third-order valence-electron chi connectivity index (χ3n) is 4.52. The number of amides is 1. The predicted molar refractivity (Wildman–Crippen MR) is 80.8 cm³/mol. The highest BCUT2D eigenvalue weighted by Gasteiger charge is 2.27. The van der Waals surface area contributed by atoms with Crippen LogP contribution >= 0.6 is 0 Å². The first-order valence-corrected chi connectivity index (χ1v) is 7.89. The maximum absolute atomic E-state index is 12.1. The van der Waals surface area contributed by atoms with Crippen LogP contribution in [0.1, 0.15) is 72.6 Å². The zero-order valence-electron chi connectivity index (χ0n) is 13.2. The van der Waals surface area contributed by atoms with Gasteiger partial charge in [-0.15, -0.1) is 0 Å². The van der Waals surface area contributed by atoms with Crippen LogP contribution in [-0.2, 0) is 4.79 Å². The second kappa shape index (κ2) is 7.28. The van der Waals surface area contributed by atoms with Gasteiger partial charge in [0.15, 0.2) is 0 Å². The molecule has 0 radical (unpaired) electrons. The minimum atomic E-state index is -0.0728. The normalized spacial score (nSPS) is 20.9. The van der Waals surface area contributed by atoms with E-state index in [1.165, 1.54) is 32.1 Å². The maximum atomic E-state index is 12.1. The molecule has 1 aliphatic carbocycles. The molecule has 0 aromatic rings. The van der Waals surface area contributed by atoms with Crippen LogP contribution in [0.15, 0.2) is 0 Å². The van der Waals surface area contributed by atoms with Crippen molar-refractivity contribution in [1.82, 2.24) is 5.32 Å². The predicted octanol–water partition coefficient (Wildman–Crippen LogP) is 3.23. The highest BCUT2D eigenvalue weighted by molar-refractivity contribution is 5.77. The van der Waals surface area contributed by atoms with Gasteiger partial charge in [-0.2, -0.15) is 0 Å². The number of carbonyl (C=O) groups excluding carboxylic acids is 1. The van der Waals surface area contributed by atoms with Crippen molar-refractivity contribution in [2.24, 2.45) is 17.1 Å². The third kappa shape index (κ3) is 5.52. The van der Waals surface area contributed by atoms with Crippen molar-refractivity contribution in [3.63, 3.8) is 0 Å². The molecule has 0 aliphatic heterocycles. The average molecular weight is 268 g/mol. The monoisotopic (exact) mass is 268 g/mol. The Morgan fingerprint density at radius 2 is 1.84 bits per heavy atom. The van der Waals surface area contributed by atoms with Gasteiger partial charge in [0.2, 0.25) is 5.91 Å². The van der Waals surface area contributed by atoms with E-state index in [0.29, 0.717) is 18.4 Å². The number of hydrogen-bond acceptors (Lipinski definition) is 2. The molecule has 0 heterocycles. The van der Waals surface area contributed by atoms with Gasteiger partial charge in [0.05, 0.1) is 0 Å². The molecule has 0 aromatic carbocycles. The molecule has 0 aromatic heterocycles. The second-order valence-electron chi connectivity index (χ2n) is 7.16. The minimum absolute atomic E-state index is 0.0100. The summed E-state index contributed by atoms with van der Waals surface area (Å²) >= 11 is 0. The van der Waals surface area contributed by atoms with E-state index < -0.39 is 0 Å². The van der Waals surface area contributed by atoms with Crippen LogP contribution in [0.5, 0.6) is 0 Å². The van der Waals surface area contributed by atoms with Crippen LogP contribution in [0, 0.1) is 11.3 Å². The van der Waals surface area contributed by atoms with Crippen molar-refractivity contribution in [2.75, 3.05) is 0 Å². The SMILES string of the molecule is CCC(NC(=O)CC(N)C(C)(C)C)C1CCCCC1. The van der Waals surface area contributed by atoms with Gasteiger partial charge in [-0.25, -0.2) is 0 Å². The standard InChI is InChI=1S/C16H32N2O/c1-5-13(12-9-7-6-8-10-12)18-15(19)11-14(17)16(2,3)4/h12-14H,5-11,17H2,1-4H3,(H,18,19). The van der Waals surface area contributed by atoms with E-state index in [0.717, 1.165) is 6.42 Å². The van der Waals surface area contributed by atoms with E-state index in [9.17, 15) is 4.79 Å². The Bertz CT molecular complexity index is 277. The summed E-state index contributed by atoms with van der Waals surface area (Å²) in [6.07, 6.45) is 8.00. The summed E-state index contributed by atoms with van der Waals surface area (Å²) in [5.74, 6) is 0.799. The molecule has 1 rings (SSSR count). The first-order valence-electron chi connectivity index (χ1n) is 7.89. The lowest BCUT2D eigenvalue weighted by Gasteiger charge is -2.32. The fourth-order valence-electron chi connectivity index (χ4n) is 2.86. The molecule has 3 nitrogen and oxygen atoms in total. The summed E-state index contributed by atoms with van der Waals surface area (Å²) < 4.78 is 0. The lowest BCUT2D eigenvalue weighted by molar-refractivity contribution is -0.123. The second-order valence-corrected chi connectivity index (χ2v) is 7.16. The Labute approximate surface area is 118 Å². The lowest BCUT2D eigenvalue weighted by Crippen LogP contribution is -2.45. The fraction of sp³-hybridized carbons (Fsp3) is 0.938. The molecule has 3 heteroatoms. The molecule has 2 unspecified atom stereocenters. The van der Waals surface area contributed by atoms with Gasteiger partial charge in [-0.05, 0) is 30.6 Å². The Hall–Kier alpha value is -0.570. The molecule has 1 amide bonds. The van der Waals surface area contributed by atoms with Crippen molar-refractivity contribution < 1.29 is 4.79 Å². The highest BCUT2D eigenvalue weighted by atomic mass is 16.1. The van der Waals surface area contributed by atoms with Crippen LogP contribution in [0.25, 0.3) is 0 Å². The van der Waals surface area contributed by atoms with Gasteiger partial charge in [-0.3, -0.25) is 4.79 Å². The van der Waals surface area contributed by atoms with Crippen LogP contribution < -0.4 is 11.1 Å². The van der Waals surface area contributed by atoms with Gasteiger partial charge in [-0.1, -0.05) is 47.0 Å². The molecule has 0 spiro atoms. The van der Waals surface area contributed by atoms with E-state index in [1.807, 2.05) is 0 Å². The molecule has 19 heavy (non-hydrogen) atoms. The Kier molecular flexibility index (Phi) is 6.31. The quantitative estimate of drug-likeness (QED) is 0.804. The fourth-order valence-corrected chi connectivity index (χ4v) is 2.86. The van der Waals surface area contributed by atoms with Gasteiger partial charge in [0.1, 0.15) is 0 Å². The molecule has 1 saturated carbocycles. The molecule has 3 N–H and O–H groups in total. The largest absolute Gasteiger partial charge is 0.353 e. The molecule has 1 fully saturated rings. The molecular weight excluding hydrogens is 236 g/mol. The number of rotatable bonds is 5. The summed E-state index contributed by atoms with van der Waals surface area (Å²) in [5, 5.41) is 3.22. The number of nitrogens with two attached hydrogens (primary N) is 1. The molecule has 0 bridgehead atoms. The molecule has 0 saturated heterocycles. The summed E-state index contributed by atoms with van der Waals surface area (Å²) in [7, 11) is 0. The Morgan fingerprint density at radius 1 is 1.26 bits per heavy atom. The van der Waals surface area contributed by atoms with Crippen molar-refractivity contribution >= 4 is 5.91 Å². The van der Waals surface area contributed by atoms with Crippen LogP contribution in [0.2, 0.25) is 0 Å². The Balaban J connectivity index is 2.44. The van der Waals surface area contributed by atoms with Crippen LogP contribution in [0.4, 0.5) is 0 Å². The van der Waals surface area contributed by atoms with Crippen molar-refractivity contribution in [1.29, 1.82) is 0 Å². The third-order valence-corrected chi connectivity index (χ3v) is 4.52. The van der Waals surface area contributed by atoms with Gasteiger partial charge >= 0.3 is 0 Å². The number of hydrogen-bond donors (Lipinski definition) is 2. The molecule has 112 valence electrons. The van der Waals surface area contributed by atoms with Gasteiger partial charge in [0, 0.05) is 18.5 Å². The zero-order valence-corrected chi connectivity index (χ0v) is 13.2. The first-order chi connectivity index (χ1) is 8.84. The van der Waals surface area contributed by atoms with Gasteiger partial charge < -0.3 is 11.1 Å². The highest BCUT2D eigenvalue weighted by Crippen LogP contribution is 2.28. The summed E-state index contributed by atoms with van der Waals surface area (Å²) in [4.78, 5) is 12.1. The van der Waals surface area contributed by atoms with Crippen LogP contribution in [-0.4, -0.2) is 18.0 Å². The number of carbonyl (C=O) groups is 1. The van der Waals surface area contributed by atoms with E-state index in [-0.39, 0.29) is 17.4 Å². The lowest BCUT2D eigenvalue weighted by atomic mass is 9.82. The van der Waals surface area contributed by atoms with Crippen molar-refractivity contribution in [3.8, 4) is 0 Å². The Morgan fingerprint density at radius 3 is 2.32 bits per heavy atom. The van der Waals surface area contributed by atoms with E-state index in [4.69, 9.17) is 5.73 Å². The van der Waals surface area contributed by atoms with E-state index in [2.05, 4.69) is 33.0 Å². The minimum Gasteiger partial charge on any atom is -0.353 e.